The van der Waals surface area contributed by atoms with Crippen molar-refractivity contribution in [3.63, 3.8) is 0 Å². The molecule has 0 atom stereocenters. The third-order valence-electron chi connectivity index (χ3n) is 1.56. The van der Waals surface area contributed by atoms with E-state index in [1.165, 1.54) is 0 Å². The summed E-state index contributed by atoms with van der Waals surface area (Å²) in [6.45, 7) is 0. The molecule has 0 heterocycles. The Labute approximate surface area is 98.7 Å². The smallest absolute Gasteiger partial charge is 0.166 e. The van der Waals surface area contributed by atoms with E-state index in [2.05, 4.69) is 31.9 Å². The minimum Gasteiger partial charge on any atom is -0.294 e. The lowest BCUT2D eigenvalue weighted by Gasteiger charge is -2.03. The van der Waals surface area contributed by atoms with E-state index in [1.807, 2.05) is 6.07 Å². The van der Waals surface area contributed by atoms with Crippen molar-refractivity contribution in [3.05, 3.63) is 33.3 Å². The number of Topliss-reactive ketones (excluding diaryl/α,β-unsaturated/α-hetero) is 1. The first-order valence-corrected chi connectivity index (χ1v) is 5.99. The van der Waals surface area contributed by atoms with Crippen LogP contribution >= 0.6 is 43.5 Å². The Morgan fingerprint density at radius 2 is 2.15 bits per heavy atom. The highest BCUT2D eigenvalue weighted by Crippen LogP contribution is 2.25. The van der Waals surface area contributed by atoms with Crippen LogP contribution in [0.15, 0.2) is 22.7 Å². The molecule has 0 aliphatic heterocycles. The average Bonchev–Trinajstić information content (AvgIpc) is 2.04. The number of alkyl halides is 1. The van der Waals surface area contributed by atoms with Crippen LogP contribution in [0.2, 0.25) is 5.02 Å². The Balaban J connectivity index is 3.05. The van der Waals surface area contributed by atoms with Gasteiger partial charge in [-0.2, -0.15) is 0 Å². The summed E-state index contributed by atoms with van der Waals surface area (Å²) >= 11 is 12.4. The number of rotatable bonds is 3. The minimum atomic E-state index is 0.0503. The van der Waals surface area contributed by atoms with Crippen LogP contribution in [0.5, 0.6) is 0 Å². The zero-order valence-electron chi connectivity index (χ0n) is 6.69. The Morgan fingerprint density at radius 3 is 2.69 bits per heavy atom. The lowest BCUT2D eigenvalue weighted by molar-refractivity contribution is 0.0989. The summed E-state index contributed by atoms with van der Waals surface area (Å²) in [4.78, 5) is 11.5. The SMILES string of the molecule is O=C(CCBr)c1c(Cl)cccc1Br. The van der Waals surface area contributed by atoms with E-state index in [-0.39, 0.29) is 5.78 Å². The van der Waals surface area contributed by atoms with E-state index >= 15 is 0 Å². The van der Waals surface area contributed by atoms with Gasteiger partial charge in [0, 0.05) is 16.2 Å². The molecular formula is C9H7Br2ClO. The van der Waals surface area contributed by atoms with Gasteiger partial charge in [-0.3, -0.25) is 4.79 Å². The lowest BCUT2D eigenvalue weighted by atomic mass is 10.1. The number of hydrogen-bond donors (Lipinski definition) is 0. The molecular weight excluding hydrogens is 319 g/mol. The van der Waals surface area contributed by atoms with Crippen molar-refractivity contribution in [2.75, 3.05) is 5.33 Å². The van der Waals surface area contributed by atoms with Gasteiger partial charge in [0.25, 0.3) is 0 Å². The summed E-state index contributed by atoms with van der Waals surface area (Å²) < 4.78 is 0.756. The van der Waals surface area contributed by atoms with Crippen LogP contribution in [-0.2, 0) is 0 Å². The highest BCUT2D eigenvalue weighted by molar-refractivity contribution is 9.10. The molecule has 0 saturated carbocycles. The third kappa shape index (κ3) is 2.79. The zero-order chi connectivity index (χ0) is 9.84. The third-order valence-corrected chi connectivity index (χ3v) is 2.94. The van der Waals surface area contributed by atoms with Crippen LogP contribution in [0.4, 0.5) is 0 Å². The predicted molar refractivity (Wildman–Crippen MR) is 61.9 cm³/mol. The van der Waals surface area contributed by atoms with Gasteiger partial charge < -0.3 is 0 Å². The summed E-state index contributed by atoms with van der Waals surface area (Å²) in [5.74, 6) is 0.0503. The standard InChI is InChI=1S/C9H7Br2ClO/c10-5-4-8(13)9-6(11)2-1-3-7(9)12/h1-3H,4-5H2. The molecule has 1 nitrogen and oxygen atoms in total. The molecule has 0 radical (unpaired) electrons. The molecule has 0 amide bonds. The van der Waals surface area contributed by atoms with Gasteiger partial charge in [-0.15, -0.1) is 0 Å². The largest absolute Gasteiger partial charge is 0.294 e. The maximum Gasteiger partial charge on any atom is 0.166 e. The fraction of sp³-hybridized carbons (Fsp3) is 0.222. The summed E-state index contributed by atoms with van der Waals surface area (Å²) in [7, 11) is 0. The second kappa shape index (κ2) is 5.13. The molecule has 1 aromatic carbocycles. The lowest BCUT2D eigenvalue weighted by Crippen LogP contribution is -2.01. The molecule has 0 N–H and O–H groups in total. The normalized spacial score (nSPS) is 10.1. The predicted octanol–water partition coefficient (Wildman–Crippen LogP) is 4.07. The molecule has 0 fully saturated rings. The number of hydrogen-bond acceptors (Lipinski definition) is 1. The van der Waals surface area contributed by atoms with Gasteiger partial charge in [0.1, 0.15) is 0 Å². The van der Waals surface area contributed by atoms with Crippen molar-refractivity contribution >= 4 is 49.2 Å². The van der Waals surface area contributed by atoms with E-state index in [0.29, 0.717) is 22.3 Å². The molecule has 13 heavy (non-hydrogen) atoms. The highest BCUT2D eigenvalue weighted by Gasteiger charge is 2.12. The first-order chi connectivity index (χ1) is 6.16. The van der Waals surface area contributed by atoms with E-state index in [0.717, 1.165) is 4.47 Å². The molecule has 0 unspecified atom stereocenters. The zero-order valence-corrected chi connectivity index (χ0v) is 10.6. The summed E-state index contributed by atoms with van der Waals surface area (Å²) in [5, 5.41) is 1.16. The van der Waals surface area contributed by atoms with Gasteiger partial charge in [0.05, 0.1) is 10.6 Å². The van der Waals surface area contributed by atoms with Crippen LogP contribution in [0.1, 0.15) is 16.8 Å². The second-order valence-corrected chi connectivity index (χ2v) is 4.51. The van der Waals surface area contributed by atoms with Crippen LogP contribution in [0.25, 0.3) is 0 Å². The van der Waals surface area contributed by atoms with Gasteiger partial charge in [-0.25, -0.2) is 0 Å². The van der Waals surface area contributed by atoms with Crippen molar-refractivity contribution < 1.29 is 4.79 Å². The van der Waals surface area contributed by atoms with Gasteiger partial charge in [0.2, 0.25) is 0 Å². The Hall–Kier alpha value is 0.140. The molecule has 0 bridgehead atoms. The van der Waals surface area contributed by atoms with Crippen LogP contribution < -0.4 is 0 Å². The summed E-state index contributed by atoms with van der Waals surface area (Å²) in [6, 6.07) is 5.33. The Bertz CT molecular complexity index is 305. The number of halogens is 3. The van der Waals surface area contributed by atoms with Crippen molar-refractivity contribution in [3.8, 4) is 0 Å². The van der Waals surface area contributed by atoms with Crippen molar-refractivity contribution in [2.24, 2.45) is 0 Å². The number of carbonyl (C=O) groups excluding carboxylic acids is 1. The molecule has 0 aromatic heterocycles. The average molecular weight is 326 g/mol. The quantitative estimate of drug-likeness (QED) is 0.604. The van der Waals surface area contributed by atoms with Crippen LogP contribution in [0.3, 0.4) is 0 Å². The molecule has 0 saturated heterocycles. The van der Waals surface area contributed by atoms with E-state index in [1.54, 1.807) is 12.1 Å². The Kier molecular flexibility index (Phi) is 4.42. The highest BCUT2D eigenvalue weighted by atomic mass is 79.9. The van der Waals surface area contributed by atoms with Gasteiger partial charge in [0.15, 0.2) is 5.78 Å². The minimum absolute atomic E-state index is 0.0503. The van der Waals surface area contributed by atoms with Crippen LogP contribution in [-0.4, -0.2) is 11.1 Å². The van der Waals surface area contributed by atoms with E-state index in [9.17, 15) is 4.79 Å². The molecule has 1 rings (SSSR count). The maximum absolute atomic E-state index is 11.5. The van der Waals surface area contributed by atoms with Crippen LogP contribution in [0, 0.1) is 0 Å². The summed E-state index contributed by atoms with van der Waals surface area (Å²) in [5.41, 5.74) is 0.573. The topological polar surface area (TPSA) is 17.1 Å². The molecule has 0 aliphatic rings. The number of carbonyl (C=O) groups is 1. The maximum atomic E-state index is 11.5. The van der Waals surface area contributed by atoms with E-state index < -0.39 is 0 Å². The number of ketones is 1. The number of benzene rings is 1. The molecule has 4 heteroatoms. The molecule has 0 spiro atoms. The fourth-order valence-corrected chi connectivity index (χ4v) is 2.32. The summed E-state index contributed by atoms with van der Waals surface area (Å²) in [6.07, 6.45) is 0.461. The van der Waals surface area contributed by atoms with Gasteiger partial charge >= 0.3 is 0 Å². The van der Waals surface area contributed by atoms with E-state index in [4.69, 9.17) is 11.6 Å². The van der Waals surface area contributed by atoms with Gasteiger partial charge in [-0.1, -0.05) is 33.6 Å². The first kappa shape index (κ1) is 11.2. The molecule has 0 aliphatic carbocycles. The van der Waals surface area contributed by atoms with Crippen molar-refractivity contribution in [1.82, 2.24) is 0 Å². The van der Waals surface area contributed by atoms with Crippen molar-refractivity contribution in [1.29, 1.82) is 0 Å². The molecule has 70 valence electrons. The van der Waals surface area contributed by atoms with Crippen molar-refractivity contribution in [2.45, 2.75) is 6.42 Å². The second-order valence-electron chi connectivity index (χ2n) is 2.46. The molecule has 1 aromatic rings. The first-order valence-electron chi connectivity index (χ1n) is 3.70. The Morgan fingerprint density at radius 1 is 1.46 bits per heavy atom. The fourth-order valence-electron chi connectivity index (χ4n) is 0.975. The monoisotopic (exact) mass is 324 g/mol. The van der Waals surface area contributed by atoms with Gasteiger partial charge in [-0.05, 0) is 28.1 Å².